The predicted octanol–water partition coefficient (Wildman–Crippen LogP) is 3.55. The van der Waals surface area contributed by atoms with Crippen LogP contribution in [0.1, 0.15) is 12.5 Å². The maximum atomic E-state index is 12.5. The minimum atomic E-state index is -3.47. The Hall–Kier alpha value is -1.36. The molecule has 0 aliphatic heterocycles. The molecule has 0 heterocycles. The Labute approximate surface area is 124 Å². The number of nitrogens with zero attached hydrogens (tertiary/aromatic N) is 1. The van der Waals surface area contributed by atoms with E-state index in [0.29, 0.717) is 23.0 Å². The van der Waals surface area contributed by atoms with Crippen LogP contribution >= 0.6 is 11.6 Å². The topological polar surface area (TPSA) is 37.4 Å². The number of rotatable bonds is 5. The first-order chi connectivity index (χ1) is 9.54. The fourth-order valence-corrected chi connectivity index (χ4v) is 3.62. The lowest BCUT2D eigenvalue weighted by atomic mass is 10.2. The van der Waals surface area contributed by atoms with Gasteiger partial charge in [-0.05, 0) is 29.8 Å². The van der Waals surface area contributed by atoms with Crippen LogP contribution in [0, 0.1) is 0 Å². The number of benzene rings is 2. The Kier molecular flexibility index (Phi) is 4.81. The van der Waals surface area contributed by atoms with E-state index in [2.05, 4.69) is 0 Å². The molecule has 0 spiro atoms. The standard InChI is InChI=1S/C15H16ClNO2S/c1-2-17(12-13-7-6-8-14(16)11-13)20(18,19)15-9-4-3-5-10-15/h3-11H,2,12H2,1H3. The van der Waals surface area contributed by atoms with E-state index in [-0.39, 0.29) is 0 Å². The second kappa shape index (κ2) is 6.39. The van der Waals surface area contributed by atoms with Crippen LogP contribution in [0.15, 0.2) is 59.5 Å². The molecule has 3 nitrogen and oxygen atoms in total. The van der Waals surface area contributed by atoms with E-state index in [1.807, 2.05) is 19.1 Å². The van der Waals surface area contributed by atoms with Crippen molar-refractivity contribution in [2.24, 2.45) is 0 Å². The summed E-state index contributed by atoms with van der Waals surface area (Å²) >= 11 is 5.93. The van der Waals surface area contributed by atoms with Gasteiger partial charge in [-0.1, -0.05) is 48.9 Å². The number of halogens is 1. The van der Waals surface area contributed by atoms with Crippen molar-refractivity contribution in [3.05, 3.63) is 65.2 Å². The van der Waals surface area contributed by atoms with Crippen LogP contribution in [0.25, 0.3) is 0 Å². The molecule has 2 aromatic rings. The largest absolute Gasteiger partial charge is 0.243 e. The molecule has 20 heavy (non-hydrogen) atoms. The van der Waals surface area contributed by atoms with Gasteiger partial charge in [0.15, 0.2) is 0 Å². The third-order valence-corrected chi connectivity index (χ3v) is 5.15. The summed E-state index contributed by atoms with van der Waals surface area (Å²) in [5, 5.41) is 0.607. The van der Waals surface area contributed by atoms with Crippen LogP contribution in [-0.2, 0) is 16.6 Å². The highest BCUT2D eigenvalue weighted by Crippen LogP contribution is 2.19. The normalized spacial score (nSPS) is 11.8. The van der Waals surface area contributed by atoms with Crippen molar-refractivity contribution in [1.82, 2.24) is 4.31 Å². The first-order valence-corrected chi connectivity index (χ1v) is 8.15. The first kappa shape index (κ1) is 15.0. The van der Waals surface area contributed by atoms with E-state index in [1.54, 1.807) is 42.5 Å². The van der Waals surface area contributed by atoms with E-state index >= 15 is 0 Å². The maximum absolute atomic E-state index is 12.5. The molecule has 0 unspecified atom stereocenters. The van der Waals surface area contributed by atoms with Crippen LogP contribution in [0.4, 0.5) is 0 Å². The molecule has 5 heteroatoms. The Balaban J connectivity index is 2.29. The van der Waals surface area contributed by atoms with Crippen LogP contribution in [0.2, 0.25) is 5.02 Å². The zero-order chi connectivity index (χ0) is 14.6. The highest BCUT2D eigenvalue weighted by atomic mass is 35.5. The molecule has 0 fully saturated rings. The van der Waals surface area contributed by atoms with Crippen LogP contribution in [0.3, 0.4) is 0 Å². The van der Waals surface area contributed by atoms with Gasteiger partial charge in [-0.2, -0.15) is 4.31 Å². The zero-order valence-electron chi connectivity index (χ0n) is 11.2. The monoisotopic (exact) mass is 309 g/mol. The van der Waals surface area contributed by atoms with Gasteiger partial charge in [-0.3, -0.25) is 0 Å². The van der Waals surface area contributed by atoms with Gasteiger partial charge in [0.1, 0.15) is 0 Å². The second-order valence-electron chi connectivity index (χ2n) is 4.37. The number of hydrogen-bond donors (Lipinski definition) is 0. The quantitative estimate of drug-likeness (QED) is 0.847. The molecule has 2 rings (SSSR count). The molecule has 0 radical (unpaired) electrons. The van der Waals surface area contributed by atoms with Crippen molar-refractivity contribution >= 4 is 21.6 Å². The molecule has 0 aliphatic carbocycles. The van der Waals surface area contributed by atoms with Gasteiger partial charge >= 0.3 is 0 Å². The number of hydrogen-bond acceptors (Lipinski definition) is 2. The molecule has 0 saturated heterocycles. The van der Waals surface area contributed by atoms with Crippen LogP contribution in [-0.4, -0.2) is 19.3 Å². The predicted molar refractivity (Wildman–Crippen MR) is 81.2 cm³/mol. The summed E-state index contributed by atoms with van der Waals surface area (Å²) in [6.45, 7) is 2.54. The van der Waals surface area contributed by atoms with Crippen molar-refractivity contribution in [3.8, 4) is 0 Å². The molecule has 0 aromatic heterocycles. The third-order valence-electron chi connectivity index (χ3n) is 2.98. The van der Waals surface area contributed by atoms with Crippen LogP contribution < -0.4 is 0 Å². The highest BCUT2D eigenvalue weighted by Gasteiger charge is 2.22. The summed E-state index contributed by atoms with van der Waals surface area (Å²) in [6, 6.07) is 15.7. The van der Waals surface area contributed by atoms with Gasteiger partial charge in [0.05, 0.1) is 4.90 Å². The van der Waals surface area contributed by atoms with Crippen molar-refractivity contribution < 1.29 is 8.42 Å². The minimum absolute atomic E-state index is 0.309. The van der Waals surface area contributed by atoms with Crippen molar-refractivity contribution in [3.63, 3.8) is 0 Å². The molecule has 0 N–H and O–H groups in total. The average Bonchev–Trinajstić information content (AvgIpc) is 2.45. The molecule has 0 atom stereocenters. The molecule has 0 aliphatic rings. The molecule has 0 bridgehead atoms. The first-order valence-electron chi connectivity index (χ1n) is 6.33. The van der Waals surface area contributed by atoms with Gasteiger partial charge in [0.25, 0.3) is 0 Å². The summed E-state index contributed by atoms with van der Waals surface area (Å²) in [7, 11) is -3.47. The Morgan fingerprint density at radius 1 is 1.05 bits per heavy atom. The summed E-state index contributed by atoms with van der Waals surface area (Å²) in [5.74, 6) is 0. The third kappa shape index (κ3) is 3.39. The van der Waals surface area contributed by atoms with Crippen molar-refractivity contribution in [2.45, 2.75) is 18.4 Å². The van der Waals surface area contributed by atoms with E-state index in [1.165, 1.54) is 4.31 Å². The van der Waals surface area contributed by atoms with Gasteiger partial charge < -0.3 is 0 Å². The van der Waals surface area contributed by atoms with E-state index < -0.39 is 10.0 Å². The summed E-state index contributed by atoms with van der Waals surface area (Å²) in [6.07, 6.45) is 0. The maximum Gasteiger partial charge on any atom is 0.243 e. The Morgan fingerprint density at radius 3 is 2.35 bits per heavy atom. The zero-order valence-corrected chi connectivity index (χ0v) is 12.7. The molecule has 0 amide bonds. The molecular formula is C15H16ClNO2S. The van der Waals surface area contributed by atoms with Gasteiger partial charge in [-0.25, -0.2) is 8.42 Å². The molecule has 2 aromatic carbocycles. The molecular weight excluding hydrogens is 294 g/mol. The summed E-state index contributed by atoms with van der Waals surface area (Å²) < 4.78 is 26.5. The Bertz CT molecular complexity index is 671. The SMILES string of the molecule is CCN(Cc1cccc(Cl)c1)S(=O)(=O)c1ccccc1. The number of sulfonamides is 1. The smallest absolute Gasteiger partial charge is 0.207 e. The molecule has 106 valence electrons. The van der Waals surface area contributed by atoms with E-state index in [0.717, 1.165) is 5.56 Å². The minimum Gasteiger partial charge on any atom is -0.207 e. The van der Waals surface area contributed by atoms with Gasteiger partial charge in [0, 0.05) is 18.1 Å². The fraction of sp³-hybridized carbons (Fsp3) is 0.200. The van der Waals surface area contributed by atoms with E-state index in [4.69, 9.17) is 11.6 Å². The van der Waals surface area contributed by atoms with Crippen LogP contribution in [0.5, 0.6) is 0 Å². The van der Waals surface area contributed by atoms with E-state index in [9.17, 15) is 8.42 Å². The van der Waals surface area contributed by atoms with Crippen molar-refractivity contribution in [1.29, 1.82) is 0 Å². The Morgan fingerprint density at radius 2 is 1.75 bits per heavy atom. The summed E-state index contributed by atoms with van der Waals surface area (Å²) in [5.41, 5.74) is 0.874. The highest BCUT2D eigenvalue weighted by molar-refractivity contribution is 7.89. The average molecular weight is 310 g/mol. The lowest BCUT2D eigenvalue weighted by Gasteiger charge is -2.20. The van der Waals surface area contributed by atoms with Gasteiger partial charge in [0.2, 0.25) is 10.0 Å². The fourth-order valence-electron chi connectivity index (χ4n) is 1.95. The lowest BCUT2D eigenvalue weighted by Crippen LogP contribution is -2.30. The molecule has 0 saturated carbocycles. The second-order valence-corrected chi connectivity index (χ2v) is 6.75. The van der Waals surface area contributed by atoms with Gasteiger partial charge in [-0.15, -0.1) is 0 Å². The van der Waals surface area contributed by atoms with Crippen molar-refractivity contribution in [2.75, 3.05) is 6.54 Å². The lowest BCUT2D eigenvalue weighted by molar-refractivity contribution is 0.423. The summed E-state index contributed by atoms with van der Waals surface area (Å²) in [4.78, 5) is 0.309.